The normalized spacial score (nSPS) is 28.1. The number of allylic oxidation sites excluding steroid dienone is 1. The average molecular weight is 196 g/mol. The molecule has 0 radical (unpaired) electrons. The molecule has 0 aromatic heterocycles. The van der Waals surface area contributed by atoms with Crippen LogP contribution >= 0.6 is 0 Å². The Balaban J connectivity index is 2.12. The Morgan fingerprint density at radius 2 is 1.79 bits per heavy atom. The van der Waals surface area contributed by atoms with E-state index in [0.29, 0.717) is 0 Å². The molecule has 1 heteroatoms. The highest BCUT2D eigenvalue weighted by atomic mass is 16.5. The fourth-order valence-corrected chi connectivity index (χ4v) is 2.51. The van der Waals surface area contributed by atoms with Gasteiger partial charge in [-0.1, -0.05) is 32.6 Å². The summed E-state index contributed by atoms with van der Waals surface area (Å²) in [5.41, 5.74) is 0. The Kier molecular flexibility index (Phi) is 5.74. The van der Waals surface area contributed by atoms with Gasteiger partial charge in [0, 0.05) is 0 Å². The van der Waals surface area contributed by atoms with Crippen LogP contribution in [-0.4, -0.2) is 7.11 Å². The SMILES string of the molecule is CCCC1CCC(CC=COC)CC1. The molecule has 1 nitrogen and oxygen atoms in total. The van der Waals surface area contributed by atoms with Gasteiger partial charge in [-0.25, -0.2) is 0 Å². The van der Waals surface area contributed by atoms with Crippen LogP contribution in [0, 0.1) is 11.8 Å². The van der Waals surface area contributed by atoms with Gasteiger partial charge >= 0.3 is 0 Å². The van der Waals surface area contributed by atoms with Crippen molar-refractivity contribution < 1.29 is 4.74 Å². The van der Waals surface area contributed by atoms with Crippen LogP contribution in [-0.2, 0) is 4.74 Å². The third-order valence-corrected chi connectivity index (χ3v) is 3.36. The minimum absolute atomic E-state index is 0.925. The highest BCUT2D eigenvalue weighted by molar-refractivity contribution is 4.81. The van der Waals surface area contributed by atoms with E-state index < -0.39 is 0 Å². The number of hydrogen-bond acceptors (Lipinski definition) is 1. The van der Waals surface area contributed by atoms with E-state index >= 15 is 0 Å². The summed E-state index contributed by atoms with van der Waals surface area (Å²) in [6, 6.07) is 0. The Morgan fingerprint density at radius 1 is 1.14 bits per heavy atom. The Bertz CT molecular complexity index is 155. The van der Waals surface area contributed by atoms with E-state index in [1.807, 2.05) is 6.26 Å². The zero-order valence-corrected chi connectivity index (χ0v) is 9.67. The molecule has 0 amide bonds. The molecule has 1 aliphatic rings. The van der Waals surface area contributed by atoms with E-state index in [1.54, 1.807) is 7.11 Å². The molecular weight excluding hydrogens is 172 g/mol. The molecule has 0 N–H and O–H groups in total. The third kappa shape index (κ3) is 4.17. The summed E-state index contributed by atoms with van der Waals surface area (Å²) in [7, 11) is 1.72. The Morgan fingerprint density at radius 3 is 2.36 bits per heavy atom. The molecule has 0 heterocycles. The molecule has 1 saturated carbocycles. The average Bonchev–Trinajstić information content (AvgIpc) is 2.21. The van der Waals surface area contributed by atoms with Gasteiger partial charge in [-0.05, 0) is 37.2 Å². The maximum Gasteiger partial charge on any atom is 0.0784 e. The summed E-state index contributed by atoms with van der Waals surface area (Å²) in [6.07, 6.45) is 13.8. The summed E-state index contributed by atoms with van der Waals surface area (Å²) in [6.45, 7) is 2.30. The summed E-state index contributed by atoms with van der Waals surface area (Å²) in [5.74, 6) is 1.96. The van der Waals surface area contributed by atoms with Crippen LogP contribution in [0.1, 0.15) is 51.9 Å². The van der Waals surface area contributed by atoms with Gasteiger partial charge in [0.05, 0.1) is 13.4 Å². The molecule has 0 aromatic carbocycles. The van der Waals surface area contributed by atoms with Crippen molar-refractivity contribution >= 4 is 0 Å². The number of ether oxygens (including phenoxy) is 1. The number of hydrogen-bond donors (Lipinski definition) is 0. The molecule has 0 atom stereocenters. The van der Waals surface area contributed by atoms with Crippen LogP contribution in [0.15, 0.2) is 12.3 Å². The quantitative estimate of drug-likeness (QED) is 0.600. The van der Waals surface area contributed by atoms with Crippen LogP contribution < -0.4 is 0 Å². The van der Waals surface area contributed by atoms with Crippen LogP contribution in [0.2, 0.25) is 0 Å². The molecule has 14 heavy (non-hydrogen) atoms. The van der Waals surface area contributed by atoms with Gasteiger partial charge in [0.2, 0.25) is 0 Å². The number of methoxy groups -OCH3 is 1. The fourth-order valence-electron chi connectivity index (χ4n) is 2.51. The Hall–Kier alpha value is -0.460. The van der Waals surface area contributed by atoms with Crippen LogP contribution in [0.5, 0.6) is 0 Å². The summed E-state index contributed by atoms with van der Waals surface area (Å²) in [5, 5.41) is 0. The van der Waals surface area contributed by atoms with Crippen LogP contribution in [0.3, 0.4) is 0 Å². The van der Waals surface area contributed by atoms with E-state index in [0.717, 1.165) is 11.8 Å². The molecule has 1 rings (SSSR count). The van der Waals surface area contributed by atoms with Crippen molar-refractivity contribution in [2.45, 2.75) is 51.9 Å². The van der Waals surface area contributed by atoms with E-state index in [4.69, 9.17) is 4.74 Å². The van der Waals surface area contributed by atoms with Gasteiger partial charge in [0.1, 0.15) is 0 Å². The van der Waals surface area contributed by atoms with Gasteiger partial charge in [0.15, 0.2) is 0 Å². The van der Waals surface area contributed by atoms with Crippen molar-refractivity contribution in [2.75, 3.05) is 7.11 Å². The third-order valence-electron chi connectivity index (χ3n) is 3.36. The molecular formula is C13H24O. The lowest BCUT2D eigenvalue weighted by Crippen LogP contribution is -2.13. The predicted molar refractivity (Wildman–Crippen MR) is 61.1 cm³/mol. The first-order chi connectivity index (χ1) is 6.86. The minimum Gasteiger partial charge on any atom is -0.505 e. The molecule has 0 spiro atoms. The largest absolute Gasteiger partial charge is 0.505 e. The lowest BCUT2D eigenvalue weighted by Gasteiger charge is -2.27. The zero-order valence-electron chi connectivity index (χ0n) is 9.67. The second kappa shape index (κ2) is 6.92. The van der Waals surface area contributed by atoms with Gasteiger partial charge in [-0.15, -0.1) is 0 Å². The van der Waals surface area contributed by atoms with E-state index in [2.05, 4.69) is 13.0 Å². The maximum atomic E-state index is 4.91. The molecule has 1 aliphatic carbocycles. The monoisotopic (exact) mass is 196 g/mol. The number of rotatable bonds is 5. The van der Waals surface area contributed by atoms with Crippen molar-refractivity contribution in [3.63, 3.8) is 0 Å². The molecule has 0 saturated heterocycles. The Labute approximate surface area is 88.5 Å². The first-order valence-electron chi connectivity index (χ1n) is 6.04. The fraction of sp³-hybridized carbons (Fsp3) is 0.846. The summed E-state index contributed by atoms with van der Waals surface area (Å²) in [4.78, 5) is 0. The van der Waals surface area contributed by atoms with Crippen molar-refractivity contribution in [1.82, 2.24) is 0 Å². The molecule has 0 aliphatic heterocycles. The topological polar surface area (TPSA) is 9.23 Å². The zero-order chi connectivity index (χ0) is 10.2. The molecule has 0 bridgehead atoms. The van der Waals surface area contributed by atoms with E-state index in [-0.39, 0.29) is 0 Å². The second-order valence-electron chi connectivity index (χ2n) is 4.52. The van der Waals surface area contributed by atoms with Gasteiger partial charge < -0.3 is 4.74 Å². The minimum atomic E-state index is 0.925. The molecule has 0 unspecified atom stereocenters. The first kappa shape index (κ1) is 11.6. The standard InChI is InChI=1S/C13H24O/c1-3-5-12-7-9-13(10-8-12)6-4-11-14-2/h4,11-13H,3,5-10H2,1-2H3. The first-order valence-corrected chi connectivity index (χ1v) is 6.04. The summed E-state index contributed by atoms with van der Waals surface area (Å²) >= 11 is 0. The van der Waals surface area contributed by atoms with Crippen molar-refractivity contribution in [3.8, 4) is 0 Å². The van der Waals surface area contributed by atoms with Gasteiger partial charge in [-0.2, -0.15) is 0 Å². The van der Waals surface area contributed by atoms with Crippen LogP contribution in [0.25, 0.3) is 0 Å². The van der Waals surface area contributed by atoms with Crippen molar-refractivity contribution in [3.05, 3.63) is 12.3 Å². The molecule has 0 aromatic rings. The maximum absolute atomic E-state index is 4.91. The van der Waals surface area contributed by atoms with Crippen molar-refractivity contribution in [2.24, 2.45) is 11.8 Å². The highest BCUT2D eigenvalue weighted by Gasteiger charge is 2.19. The van der Waals surface area contributed by atoms with E-state index in [9.17, 15) is 0 Å². The van der Waals surface area contributed by atoms with Gasteiger partial charge in [0.25, 0.3) is 0 Å². The van der Waals surface area contributed by atoms with Crippen molar-refractivity contribution in [1.29, 1.82) is 0 Å². The summed E-state index contributed by atoms with van der Waals surface area (Å²) < 4.78 is 4.91. The predicted octanol–water partition coefficient (Wildman–Crippen LogP) is 4.14. The van der Waals surface area contributed by atoms with Gasteiger partial charge in [-0.3, -0.25) is 0 Å². The molecule has 82 valence electrons. The highest BCUT2D eigenvalue weighted by Crippen LogP contribution is 2.33. The van der Waals surface area contributed by atoms with E-state index in [1.165, 1.54) is 44.9 Å². The lowest BCUT2D eigenvalue weighted by atomic mass is 9.79. The molecule has 1 fully saturated rings. The second-order valence-corrected chi connectivity index (χ2v) is 4.52. The smallest absolute Gasteiger partial charge is 0.0784 e. The lowest BCUT2D eigenvalue weighted by molar-refractivity contribution is 0.261. The van der Waals surface area contributed by atoms with Crippen LogP contribution in [0.4, 0.5) is 0 Å².